The summed E-state index contributed by atoms with van der Waals surface area (Å²) in [6.07, 6.45) is -3.14. The summed E-state index contributed by atoms with van der Waals surface area (Å²) in [4.78, 5) is 1.01. The van der Waals surface area contributed by atoms with Gasteiger partial charge in [-0.05, 0) is 56.9 Å². The van der Waals surface area contributed by atoms with E-state index in [2.05, 4.69) is 54.6 Å². The second kappa shape index (κ2) is 12.5. The predicted molar refractivity (Wildman–Crippen MR) is 159 cm³/mol. The first-order valence-electron chi connectivity index (χ1n) is 13.5. The van der Waals surface area contributed by atoms with Crippen LogP contribution in [0.25, 0.3) is 21.5 Å². The molecule has 0 bridgehead atoms. The Labute approximate surface area is 238 Å². The summed E-state index contributed by atoms with van der Waals surface area (Å²) >= 11 is 1.51. The molecule has 0 radical (unpaired) electrons. The molecule has 1 aliphatic heterocycles. The van der Waals surface area contributed by atoms with Crippen LogP contribution in [-0.4, -0.2) is 46.7 Å². The van der Waals surface area contributed by atoms with Crippen LogP contribution in [0.3, 0.4) is 0 Å². The second-order valence-electron chi connectivity index (χ2n) is 10.1. The van der Waals surface area contributed by atoms with Gasteiger partial charge in [-0.2, -0.15) is 0 Å². The van der Waals surface area contributed by atoms with E-state index in [1.807, 2.05) is 60.7 Å². The Balaban J connectivity index is 1.27. The van der Waals surface area contributed by atoms with Crippen LogP contribution < -0.4 is 0 Å². The zero-order valence-corrected chi connectivity index (χ0v) is 22.8. The molecule has 0 aromatic heterocycles. The molecule has 2 N–H and O–H groups in total. The van der Waals surface area contributed by atoms with Crippen LogP contribution in [0, 0.1) is 0 Å². The van der Waals surface area contributed by atoms with Crippen molar-refractivity contribution < 1.29 is 24.4 Å². The lowest BCUT2D eigenvalue weighted by molar-refractivity contribution is -0.237. The molecule has 1 heterocycles. The SMILES string of the molecule is OC[C@H]1O[C@@H](Sc2ccccc2)[C@H](OCc2ccc3ccccc3c2)[C@@H](OCc2ccc3ccccc3c2)[C@@H]1O. The largest absolute Gasteiger partial charge is 0.394 e. The number of hydrogen-bond acceptors (Lipinski definition) is 6. The van der Waals surface area contributed by atoms with E-state index in [0.29, 0.717) is 13.2 Å². The molecule has 5 aromatic carbocycles. The molecular weight excluding hydrogens is 520 g/mol. The first kappa shape index (κ1) is 27.0. The molecule has 5 atom stereocenters. The first-order chi connectivity index (χ1) is 19.7. The molecule has 40 heavy (non-hydrogen) atoms. The van der Waals surface area contributed by atoms with E-state index < -0.39 is 29.9 Å². The fraction of sp³-hybridized carbons (Fsp3) is 0.235. The molecule has 204 valence electrons. The Morgan fingerprint density at radius 3 is 1.73 bits per heavy atom. The number of fused-ring (bicyclic) bond motifs is 2. The number of thioether (sulfide) groups is 1. The highest BCUT2D eigenvalue weighted by atomic mass is 32.2. The molecule has 0 amide bonds. The highest BCUT2D eigenvalue weighted by Crippen LogP contribution is 2.37. The van der Waals surface area contributed by atoms with Gasteiger partial charge in [-0.3, -0.25) is 0 Å². The molecule has 6 heteroatoms. The standard InChI is InChI=1S/C34H32O5S/c35-20-30-31(36)32(37-21-23-14-16-25-8-4-6-10-27(25)18-23)33(34(39-30)40-29-12-2-1-3-13-29)38-22-24-15-17-26-9-5-7-11-28(26)19-24/h1-19,30-36H,20-22H2/t30-,31-,32+,33-,34+/m1/s1. The Hall–Kier alpha value is -3.23. The lowest BCUT2D eigenvalue weighted by atomic mass is 9.99. The lowest BCUT2D eigenvalue weighted by Gasteiger charge is -2.43. The molecule has 1 saturated heterocycles. The predicted octanol–water partition coefficient (Wildman–Crippen LogP) is 6.33. The first-order valence-corrected chi connectivity index (χ1v) is 14.4. The van der Waals surface area contributed by atoms with E-state index in [1.54, 1.807) is 0 Å². The van der Waals surface area contributed by atoms with E-state index in [-0.39, 0.29) is 6.61 Å². The van der Waals surface area contributed by atoms with Crippen LogP contribution >= 0.6 is 11.8 Å². The zero-order chi connectivity index (χ0) is 27.3. The van der Waals surface area contributed by atoms with Gasteiger partial charge < -0.3 is 24.4 Å². The topological polar surface area (TPSA) is 68.2 Å². The number of ether oxygens (including phenoxy) is 3. The smallest absolute Gasteiger partial charge is 0.137 e. The molecule has 6 rings (SSSR count). The summed E-state index contributed by atoms with van der Waals surface area (Å²) in [7, 11) is 0. The van der Waals surface area contributed by atoms with E-state index >= 15 is 0 Å². The van der Waals surface area contributed by atoms with Crippen LogP contribution in [-0.2, 0) is 27.4 Å². The third-order valence-corrected chi connectivity index (χ3v) is 8.46. The van der Waals surface area contributed by atoms with Crippen molar-refractivity contribution in [2.24, 2.45) is 0 Å². The minimum Gasteiger partial charge on any atom is -0.394 e. The number of rotatable bonds is 9. The maximum absolute atomic E-state index is 11.3. The van der Waals surface area contributed by atoms with Crippen molar-refractivity contribution in [1.29, 1.82) is 0 Å². The van der Waals surface area contributed by atoms with E-state index in [9.17, 15) is 10.2 Å². The summed E-state index contributed by atoms with van der Waals surface area (Å²) in [6.45, 7) is 0.306. The quantitative estimate of drug-likeness (QED) is 0.223. The van der Waals surface area contributed by atoms with E-state index in [4.69, 9.17) is 14.2 Å². The fourth-order valence-electron chi connectivity index (χ4n) is 5.18. The van der Waals surface area contributed by atoms with Crippen LogP contribution in [0.15, 0.2) is 120 Å². The van der Waals surface area contributed by atoms with Gasteiger partial charge in [-0.15, -0.1) is 0 Å². The molecule has 0 unspecified atom stereocenters. The summed E-state index contributed by atoms with van der Waals surface area (Å²) in [6, 6.07) is 38.8. The third kappa shape index (κ3) is 6.08. The van der Waals surface area contributed by atoms with Gasteiger partial charge >= 0.3 is 0 Å². The minimum absolute atomic E-state index is 0.295. The highest BCUT2D eigenvalue weighted by molar-refractivity contribution is 7.99. The monoisotopic (exact) mass is 552 g/mol. The van der Waals surface area contributed by atoms with Gasteiger partial charge in [0, 0.05) is 4.90 Å². The average Bonchev–Trinajstić information content (AvgIpc) is 3.00. The Morgan fingerprint density at radius 2 is 1.15 bits per heavy atom. The summed E-state index contributed by atoms with van der Waals surface area (Å²) in [5, 5.41) is 25.9. The van der Waals surface area contributed by atoms with Crippen LogP contribution in [0.4, 0.5) is 0 Å². The fourth-order valence-corrected chi connectivity index (χ4v) is 6.33. The summed E-state index contributed by atoms with van der Waals surface area (Å²) in [5.41, 5.74) is 1.53. The van der Waals surface area contributed by atoms with Gasteiger partial charge in [0.1, 0.15) is 29.9 Å². The van der Waals surface area contributed by atoms with Gasteiger partial charge in [-0.25, -0.2) is 0 Å². The van der Waals surface area contributed by atoms with Crippen molar-refractivity contribution in [2.75, 3.05) is 6.61 Å². The molecule has 0 spiro atoms. The highest BCUT2D eigenvalue weighted by Gasteiger charge is 2.47. The second-order valence-corrected chi connectivity index (χ2v) is 11.2. The maximum atomic E-state index is 11.3. The van der Waals surface area contributed by atoms with Gasteiger partial charge in [-0.1, -0.05) is 103 Å². The van der Waals surface area contributed by atoms with Gasteiger partial charge in [0.05, 0.1) is 19.8 Å². The van der Waals surface area contributed by atoms with Crippen molar-refractivity contribution in [2.45, 2.75) is 48.0 Å². The normalized spacial score (nSPS) is 23.0. The van der Waals surface area contributed by atoms with Gasteiger partial charge in [0.15, 0.2) is 0 Å². The number of aliphatic hydroxyl groups is 2. The summed E-state index contributed by atoms with van der Waals surface area (Å²) < 4.78 is 19.2. The molecule has 0 aliphatic carbocycles. The molecule has 1 fully saturated rings. The Bertz CT molecular complexity index is 1560. The zero-order valence-electron chi connectivity index (χ0n) is 22.0. The Kier molecular flexibility index (Phi) is 8.44. The molecule has 1 aliphatic rings. The number of aliphatic hydroxyl groups excluding tert-OH is 2. The van der Waals surface area contributed by atoms with Gasteiger partial charge in [0.25, 0.3) is 0 Å². The van der Waals surface area contributed by atoms with Crippen molar-refractivity contribution in [3.05, 3.63) is 126 Å². The van der Waals surface area contributed by atoms with Crippen molar-refractivity contribution in [3.63, 3.8) is 0 Å². The maximum Gasteiger partial charge on any atom is 0.137 e. The van der Waals surface area contributed by atoms with Crippen LogP contribution in [0.2, 0.25) is 0 Å². The minimum atomic E-state index is -1.06. The summed E-state index contributed by atoms with van der Waals surface area (Å²) in [5.74, 6) is 0. The van der Waals surface area contributed by atoms with Crippen molar-refractivity contribution >= 4 is 33.3 Å². The molecule has 5 nitrogen and oxygen atoms in total. The van der Waals surface area contributed by atoms with Crippen molar-refractivity contribution in [1.82, 2.24) is 0 Å². The number of benzene rings is 5. The van der Waals surface area contributed by atoms with E-state index in [0.717, 1.165) is 32.2 Å². The van der Waals surface area contributed by atoms with E-state index in [1.165, 1.54) is 17.1 Å². The average molecular weight is 553 g/mol. The van der Waals surface area contributed by atoms with Crippen LogP contribution in [0.5, 0.6) is 0 Å². The van der Waals surface area contributed by atoms with Gasteiger partial charge in [0.2, 0.25) is 0 Å². The molecule has 0 saturated carbocycles. The van der Waals surface area contributed by atoms with Crippen LogP contribution in [0.1, 0.15) is 11.1 Å². The third-order valence-electron chi connectivity index (χ3n) is 7.31. The lowest BCUT2D eigenvalue weighted by Crippen LogP contribution is -2.59. The molecular formula is C34H32O5S. The number of hydrogen-bond donors (Lipinski definition) is 2. The molecule has 5 aromatic rings. The Morgan fingerprint density at radius 1 is 0.625 bits per heavy atom. The van der Waals surface area contributed by atoms with Crippen molar-refractivity contribution in [3.8, 4) is 0 Å².